The summed E-state index contributed by atoms with van der Waals surface area (Å²) in [4.78, 5) is 11.3. The van der Waals surface area contributed by atoms with Crippen molar-refractivity contribution in [3.63, 3.8) is 0 Å². The smallest absolute Gasteiger partial charge is 0.198 e. The maximum atomic E-state index is 11.3. The van der Waals surface area contributed by atoms with Gasteiger partial charge >= 0.3 is 0 Å². The lowest BCUT2D eigenvalue weighted by Crippen LogP contribution is -2.07. The molecule has 1 rings (SSSR count). The van der Waals surface area contributed by atoms with Crippen molar-refractivity contribution in [2.75, 3.05) is 6.61 Å². The van der Waals surface area contributed by atoms with E-state index < -0.39 is 0 Å². The van der Waals surface area contributed by atoms with E-state index in [4.69, 9.17) is 4.74 Å². The van der Waals surface area contributed by atoms with Crippen LogP contribution in [0.3, 0.4) is 0 Å². The van der Waals surface area contributed by atoms with Gasteiger partial charge in [-0.15, -0.1) is 0 Å². The minimum atomic E-state index is 0.00895. The van der Waals surface area contributed by atoms with Crippen molar-refractivity contribution in [3.8, 4) is 0 Å². The first-order chi connectivity index (χ1) is 7.20. The topological polar surface area (TPSA) is 31.2 Å². The molecule has 0 saturated heterocycles. The molecule has 0 aliphatic carbocycles. The number of allylic oxidation sites excluding steroid dienone is 2. The van der Waals surface area contributed by atoms with Crippen LogP contribution in [0.5, 0.6) is 0 Å². The van der Waals surface area contributed by atoms with E-state index in [1.807, 2.05) is 13.0 Å². The fourth-order valence-corrected chi connectivity index (χ4v) is 1.31. The van der Waals surface area contributed by atoms with E-state index in [0.717, 1.165) is 0 Å². The summed E-state index contributed by atoms with van der Waals surface area (Å²) >= 11 is 0. The van der Waals surface area contributed by atoms with Crippen molar-refractivity contribution in [1.29, 1.82) is 0 Å². The molecule has 0 spiro atoms. The molecule has 80 valence electrons. The van der Waals surface area contributed by atoms with Gasteiger partial charge in [-0.2, -0.15) is 0 Å². The van der Waals surface area contributed by atoms with Crippen molar-refractivity contribution in [1.82, 2.24) is 4.57 Å². The molecule has 15 heavy (non-hydrogen) atoms. The SMILES string of the molecule is C=C/C=C(/OCC)n1cccc1C(C)=O. The van der Waals surface area contributed by atoms with Crippen LogP contribution in [0.2, 0.25) is 0 Å². The number of ketones is 1. The maximum Gasteiger partial charge on any atom is 0.198 e. The van der Waals surface area contributed by atoms with Gasteiger partial charge in [0.05, 0.1) is 12.3 Å². The van der Waals surface area contributed by atoms with Gasteiger partial charge in [-0.3, -0.25) is 9.36 Å². The molecular weight excluding hydrogens is 190 g/mol. The molecule has 0 fully saturated rings. The molecule has 1 aromatic heterocycles. The Bertz CT molecular complexity index is 388. The van der Waals surface area contributed by atoms with Crippen LogP contribution in [-0.2, 0) is 4.74 Å². The first-order valence-corrected chi connectivity index (χ1v) is 4.85. The molecule has 3 nitrogen and oxygen atoms in total. The highest BCUT2D eigenvalue weighted by Gasteiger charge is 2.09. The third-order valence-corrected chi connectivity index (χ3v) is 1.90. The van der Waals surface area contributed by atoms with Gasteiger partial charge in [0.1, 0.15) is 0 Å². The third-order valence-electron chi connectivity index (χ3n) is 1.90. The van der Waals surface area contributed by atoms with Gasteiger partial charge in [-0.1, -0.05) is 12.7 Å². The van der Waals surface area contributed by atoms with Crippen molar-refractivity contribution in [3.05, 3.63) is 42.8 Å². The minimum Gasteiger partial charge on any atom is -0.479 e. The molecule has 1 aromatic rings. The monoisotopic (exact) mass is 205 g/mol. The number of nitrogens with zero attached hydrogens (tertiary/aromatic N) is 1. The molecule has 0 aromatic carbocycles. The number of carbonyl (C=O) groups is 1. The van der Waals surface area contributed by atoms with Crippen LogP contribution in [0.4, 0.5) is 0 Å². The van der Waals surface area contributed by atoms with Crippen molar-refractivity contribution in [2.24, 2.45) is 0 Å². The summed E-state index contributed by atoms with van der Waals surface area (Å²) in [6.07, 6.45) is 5.16. The Morgan fingerprint density at radius 2 is 2.40 bits per heavy atom. The van der Waals surface area contributed by atoms with Crippen LogP contribution < -0.4 is 0 Å². The van der Waals surface area contributed by atoms with Crippen molar-refractivity contribution < 1.29 is 9.53 Å². The number of Topliss-reactive ketones (excluding diaryl/α,β-unsaturated/α-hetero) is 1. The fourth-order valence-electron chi connectivity index (χ4n) is 1.31. The molecule has 0 amide bonds. The molecule has 0 radical (unpaired) electrons. The van der Waals surface area contributed by atoms with E-state index in [1.165, 1.54) is 6.92 Å². The predicted octanol–water partition coefficient (Wildman–Crippen LogP) is 2.71. The quantitative estimate of drug-likeness (QED) is 0.420. The van der Waals surface area contributed by atoms with Crippen molar-refractivity contribution >= 4 is 11.7 Å². The van der Waals surface area contributed by atoms with Gasteiger partial charge in [0.2, 0.25) is 0 Å². The molecule has 0 N–H and O–H groups in total. The maximum absolute atomic E-state index is 11.3. The fraction of sp³-hybridized carbons (Fsp3) is 0.250. The average molecular weight is 205 g/mol. The number of rotatable bonds is 5. The third kappa shape index (κ3) is 2.59. The summed E-state index contributed by atoms with van der Waals surface area (Å²) in [5.74, 6) is 0.623. The lowest BCUT2D eigenvalue weighted by atomic mass is 10.3. The summed E-state index contributed by atoms with van der Waals surface area (Å²) in [5.41, 5.74) is 0.608. The highest BCUT2D eigenvalue weighted by atomic mass is 16.5. The zero-order valence-electron chi connectivity index (χ0n) is 9.06. The molecule has 0 atom stereocenters. The molecule has 0 aliphatic rings. The van der Waals surface area contributed by atoms with E-state index in [1.54, 1.807) is 29.0 Å². The van der Waals surface area contributed by atoms with Crippen LogP contribution >= 0.6 is 0 Å². The van der Waals surface area contributed by atoms with Crippen LogP contribution in [0.1, 0.15) is 24.3 Å². The average Bonchev–Trinajstić information content (AvgIpc) is 2.65. The Morgan fingerprint density at radius 1 is 1.67 bits per heavy atom. The van der Waals surface area contributed by atoms with Gasteiger partial charge in [-0.05, 0) is 25.1 Å². The minimum absolute atomic E-state index is 0.00895. The first-order valence-electron chi connectivity index (χ1n) is 4.85. The summed E-state index contributed by atoms with van der Waals surface area (Å²) in [7, 11) is 0. The summed E-state index contributed by atoms with van der Waals surface area (Å²) in [6.45, 7) is 7.59. The number of hydrogen-bond donors (Lipinski definition) is 0. The van der Waals surface area contributed by atoms with Gasteiger partial charge in [0.25, 0.3) is 0 Å². The van der Waals surface area contributed by atoms with Gasteiger partial charge < -0.3 is 4.74 Å². The molecule has 3 heteroatoms. The summed E-state index contributed by atoms with van der Waals surface area (Å²) < 4.78 is 7.13. The van der Waals surface area contributed by atoms with Crippen LogP contribution in [-0.4, -0.2) is 17.0 Å². The van der Waals surface area contributed by atoms with Crippen molar-refractivity contribution in [2.45, 2.75) is 13.8 Å². The lowest BCUT2D eigenvalue weighted by molar-refractivity contribution is 0.100. The van der Waals surface area contributed by atoms with E-state index in [2.05, 4.69) is 6.58 Å². The zero-order chi connectivity index (χ0) is 11.3. The van der Waals surface area contributed by atoms with Crippen LogP contribution in [0.15, 0.2) is 37.1 Å². The highest BCUT2D eigenvalue weighted by Crippen LogP contribution is 2.13. The standard InChI is InChI=1S/C12H15NO2/c1-4-7-12(15-5-2)13-9-6-8-11(13)10(3)14/h4,6-9H,1,5H2,2-3H3/b12-7+. The normalized spacial score (nSPS) is 11.2. The van der Waals surface area contributed by atoms with E-state index in [0.29, 0.717) is 18.2 Å². The zero-order valence-corrected chi connectivity index (χ0v) is 9.06. The van der Waals surface area contributed by atoms with E-state index >= 15 is 0 Å². The second-order valence-electron chi connectivity index (χ2n) is 2.99. The second kappa shape index (κ2) is 5.20. The van der Waals surface area contributed by atoms with Crippen LogP contribution in [0, 0.1) is 0 Å². The second-order valence-corrected chi connectivity index (χ2v) is 2.99. The first kappa shape index (κ1) is 11.3. The predicted molar refractivity (Wildman–Crippen MR) is 60.5 cm³/mol. The van der Waals surface area contributed by atoms with Gasteiger partial charge in [0.15, 0.2) is 11.7 Å². The number of hydrogen-bond acceptors (Lipinski definition) is 2. The largest absolute Gasteiger partial charge is 0.479 e. The highest BCUT2D eigenvalue weighted by molar-refractivity contribution is 5.93. The van der Waals surface area contributed by atoms with E-state index in [-0.39, 0.29) is 5.78 Å². The van der Waals surface area contributed by atoms with Crippen LogP contribution in [0.25, 0.3) is 5.88 Å². The molecule has 0 aliphatic heterocycles. The van der Waals surface area contributed by atoms with Gasteiger partial charge in [-0.25, -0.2) is 0 Å². The molecule has 0 unspecified atom stereocenters. The summed E-state index contributed by atoms with van der Waals surface area (Å²) in [5, 5.41) is 0. The number of carbonyl (C=O) groups excluding carboxylic acids is 1. The Morgan fingerprint density at radius 3 is 2.93 bits per heavy atom. The molecule has 0 saturated carbocycles. The number of ether oxygens (including phenoxy) is 1. The van der Waals surface area contributed by atoms with Gasteiger partial charge in [0, 0.05) is 13.1 Å². The summed E-state index contributed by atoms with van der Waals surface area (Å²) in [6, 6.07) is 3.57. The number of aromatic nitrogens is 1. The molecule has 1 heterocycles. The molecular formula is C12H15NO2. The molecule has 0 bridgehead atoms. The van der Waals surface area contributed by atoms with E-state index in [9.17, 15) is 4.79 Å². The Hall–Kier alpha value is -1.77. The lowest BCUT2D eigenvalue weighted by Gasteiger charge is -2.11. The Labute approximate surface area is 89.7 Å². The Kier molecular flexibility index (Phi) is 3.92. The Balaban J connectivity index is 3.11.